The molecule has 1 unspecified atom stereocenters. The number of nitrogens with one attached hydrogen (secondary N) is 1. The molecule has 0 aliphatic carbocycles. The van der Waals surface area contributed by atoms with Crippen molar-refractivity contribution in [1.82, 2.24) is 14.8 Å². The Bertz CT molecular complexity index is 1970. The minimum atomic E-state index is -3.97. The van der Waals surface area contributed by atoms with Gasteiger partial charge in [-0.25, -0.2) is 4.79 Å². The monoisotopic (exact) mass is 828 g/mol. The summed E-state index contributed by atoms with van der Waals surface area (Å²) in [5.41, 5.74) is -0.513. The van der Waals surface area contributed by atoms with Crippen LogP contribution in [0.25, 0.3) is 0 Å². The van der Waals surface area contributed by atoms with Gasteiger partial charge in [0.25, 0.3) is 11.5 Å². The van der Waals surface area contributed by atoms with Crippen molar-refractivity contribution in [3.8, 4) is 5.75 Å². The van der Waals surface area contributed by atoms with E-state index < -0.39 is 39.8 Å². The fraction of sp³-hybridized carbons (Fsp3) is 0.459. The second kappa shape index (κ2) is 17.1. The molecule has 11 nitrogen and oxygen atoms in total. The number of aromatic amines is 1. The summed E-state index contributed by atoms with van der Waals surface area (Å²) in [6.45, 7) is 7.11. The number of nitrogens with zero attached hydrogens (tertiary/aromatic N) is 3. The topological polar surface area (TPSA) is 121 Å². The Morgan fingerprint density at radius 1 is 1.09 bits per heavy atom. The fourth-order valence-electron chi connectivity index (χ4n) is 6.48. The second-order valence-electron chi connectivity index (χ2n) is 14.0. The van der Waals surface area contributed by atoms with Gasteiger partial charge in [0.15, 0.2) is 0 Å². The van der Waals surface area contributed by atoms with Crippen LogP contribution in [0.1, 0.15) is 78.7 Å². The van der Waals surface area contributed by atoms with Crippen molar-refractivity contribution in [3.63, 3.8) is 0 Å². The van der Waals surface area contributed by atoms with E-state index >= 15 is 0 Å². The van der Waals surface area contributed by atoms with E-state index in [1.54, 1.807) is 57.0 Å². The first-order valence-corrected chi connectivity index (χ1v) is 19.1. The van der Waals surface area contributed by atoms with Gasteiger partial charge in [0, 0.05) is 62.1 Å². The van der Waals surface area contributed by atoms with Crippen LogP contribution in [0.15, 0.2) is 44.9 Å². The van der Waals surface area contributed by atoms with Crippen LogP contribution in [-0.2, 0) is 32.7 Å². The SMILES string of the molecule is COCCCN(C=O)c1cc2c(cc1OC)CN(C(=O)c1c(Sc3c(Cl)ccc(C4CCCN(C(=O)OC(C)(C)C)C4)c3Cl)cc(C(F)(F)Cl)[nH]c1=O)C2. The molecular weight excluding hydrogens is 789 g/mol. The number of halogens is 5. The Balaban J connectivity index is 1.48. The summed E-state index contributed by atoms with van der Waals surface area (Å²) in [6.07, 6.45) is 2.18. The van der Waals surface area contributed by atoms with Crippen molar-refractivity contribution < 1.29 is 37.4 Å². The molecule has 2 aromatic carbocycles. The number of carbonyl (C=O) groups is 3. The molecule has 0 spiro atoms. The highest BCUT2D eigenvalue weighted by atomic mass is 35.5. The molecule has 1 atom stereocenters. The van der Waals surface area contributed by atoms with Gasteiger partial charge >= 0.3 is 11.5 Å². The van der Waals surface area contributed by atoms with Gasteiger partial charge in [0.2, 0.25) is 6.41 Å². The number of methoxy groups -OCH3 is 2. The number of alkyl halides is 3. The van der Waals surface area contributed by atoms with E-state index in [-0.39, 0.29) is 38.8 Å². The van der Waals surface area contributed by atoms with Gasteiger partial charge in [-0.2, -0.15) is 8.78 Å². The maximum Gasteiger partial charge on any atom is 0.410 e. The molecule has 3 aromatic rings. The number of rotatable bonds is 12. The predicted molar refractivity (Wildman–Crippen MR) is 204 cm³/mol. The number of amides is 3. The number of aromatic nitrogens is 1. The number of benzene rings is 2. The van der Waals surface area contributed by atoms with Gasteiger partial charge in [0.1, 0.15) is 22.6 Å². The molecule has 1 N–H and O–H groups in total. The lowest BCUT2D eigenvalue weighted by atomic mass is 9.91. The van der Waals surface area contributed by atoms with E-state index in [1.807, 2.05) is 0 Å². The molecule has 3 heterocycles. The van der Waals surface area contributed by atoms with Crippen LogP contribution in [0.5, 0.6) is 5.75 Å². The van der Waals surface area contributed by atoms with Gasteiger partial charge in [-0.1, -0.05) is 41.0 Å². The number of H-pyrrole nitrogens is 1. The third-order valence-corrected chi connectivity index (χ3v) is 11.3. The zero-order valence-corrected chi connectivity index (χ0v) is 33.5. The van der Waals surface area contributed by atoms with E-state index in [4.69, 9.17) is 49.0 Å². The number of likely N-dealkylation sites (tertiary alicyclic amines) is 1. The maximum absolute atomic E-state index is 14.5. The molecule has 292 valence electrons. The van der Waals surface area contributed by atoms with Crippen molar-refractivity contribution in [3.05, 3.63) is 78.7 Å². The molecule has 17 heteroatoms. The van der Waals surface area contributed by atoms with E-state index in [1.165, 1.54) is 16.9 Å². The van der Waals surface area contributed by atoms with E-state index in [0.717, 1.165) is 17.8 Å². The lowest BCUT2D eigenvalue weighted by Gasteiger charge is -2.34. The number of fused-ring (bicyclic) bond motifs is 1. The van der Waals surface area contributed by atoms with Gasteiger partial charge in [-0.05, 0) is 92.6 Å². The molecule has 54 heavy (non-hydrogen) atoms. The summed E-state index contributed by atoms with van der Waals surface area (Å²) in [7, 11) is 3.03. The Morgan fingerprint density at radius 2 is 1.80 bits per heavy atom. The first-order valence-electron chi connectivity index (χ1n) is 17.1. The molecule has 1 aromatic heterocycles. The van der Waals surface area contributed by atoms with E-state index in [2.05, 4.69) is 4.98 Å². The minimum absolute atomic E-state index is 0.0553. The number of hydrogen-bond donors (Lipinski definition) is 1. The summed E-state index contributed by atoms with van der Waals surface area (Å²) in [6, 6.07) is 7.77. The van der Waals surface area contributed by atoms with Gasteiger partial charge in [-0.3, -0.25) is 14.4 Å². The summed E-state index contributed by atoms with van der Waals surface area (Å²) < 4.78 is 45.2. The third kappa shape index (κ3) is 9.44. The Hall–Kier alpha value is -3.56. The molecule has 1 saturated heterocycles. The van der Waals surface area contributed by atoms with Crippen molar-refractivity contribution >= 4 is 70.7 Å². The summed E-state index contributed by atoms with van der Waals surface area (Å²) in [5.74, 6) is -0.541. The molecule has 2 aliphatic heterocycles. The van der Waals surface area contributed by atoms with Gasteiger partial charge in [0.05, 0.1) is 22.8 Å². The number of hydrogen-bond acceptors (Lipinski definition) is 8. The maximum atomic E-state index is 14.5. The number of anilines is 1. The first-order chi connectivity index (χ1) is 25.4. The van der Waals surface area contributed by atoms with E-state index in [0.29, 0.717) is 80.0 Å². The van der Waals surface area contributed by atoms with Crippen LogP contribution in [0.3, 0.4) is 0 Å². The largest absolute Gasteiger partial charge is 0.495 e. The summed E-state index contributed by atoms with van der Waals surface area (Å²) >= 11 is 19.8. The molecule has 1 fully saturated rings. The highest BCUT2D eigenvalue weighted by Gasteiger charge is 2.36. The zero-order chi connectivity index (χ0) is 39.5. The van der Waals surface area contributed by atoms with Crippen LogP contribution in [0.4, 0.5) is 19.3 Å². The van der Waals surface area contributed by atoms with Crippen molar-refractivity contribution in [2.24, 2.45) is 0 Å². The molecule has 5 rings (SSSR count). The van der Waals surface area contributed by atoms with Crippen LogP contribution in [-0.4, -0.2) is 79.3 Å². The normalized spacial score (nSPS) is 15.9. The number of carbonyl (C=O) groups excluding carboxylic acids is 3. The molecule has 2 aliphatic rings. The van der Waals surface area contributed by atoms with Gasteiger partial charge < -0.3 is 33.9 Å². The predicted octanol–water partition coefficient (Wildman–Crippen LogP) is 8.40. The van der Waals surface area contributed by atoms with Crippen LogP contribution in [0.2, 0.25) is 10.0 Å². The summed E-state index contributed by atoms with van der Waals surface area (Å²) in [5, 5.41) is -3.62. The van der Waals surface area contributed by atoms with E-state index in [9.17, 15) is 28.0 Å². The number of piperidine rings is 1. The smallest absolute Gasteiger partial charge is 0.410 e. The third-order valence-electron chi connectivity index (χ3n) is 9.02. The van der Waals surface area contributed by atoms with Crippen molar-refractivity contribution in [1.29, 1.82) is 0 Å². The molecule has 0 radical (unpaired) electrons. The molecular formula is C37H41Cl3F2N4O7S. The average Bonchev–Trinajstić information content (AvgIpc) is 3.53. The van der Waals surface area contributed by atoms with Crippen molar-refractivity contribution in [2.75, 3.05) is 45.4 Å². The number of ether oxygens (including phenoxy) is 3. The van der Waals surface area contributed by atoms with Gasteiger partial charge in [-0.15, -0.1) is 0 Å². The Morgan fingerprint density at radius 3 is 2.43 bits per heavy atom. The van der Waals surface area contributed by atoms with Crippen LogP contribution in [0, 0.1) is 0 Å². The number of pyridine rings is 1. The molecule has 0 saturated carbocycles. The highest BCUT2D eigenvalue weighted by Crippen LogP contribution is 2.46. The quantitative estimate of drug-likeness (QED) is 0.110. The van der Waals surface area contributed by atoms with Crippen molar-refractivity contribution in [2.45, 2.75) is 79.8 Å². The molecule has 0 bridgehead atoms. The zero-order valence-electron chi connectivity index (χ0n) is 30.4. The Kier molecular flexibility index (Phi) is 13.1. The molecule has 3 amide bonds. The standard InChI is InChI=1S/C37H41Cl3F2N4O7S/c1-36(2,3)53-35(50)44-11-6-8-21(17-44)24-9-10-25(38)32(31(24)39)54-28-16-29(37(40,41)42)43-33(48)30(28)34(49)46-18-22-14-26(27(52-5)15-23(22)19-46)45(20-47)12-7-13-51-4/h9-10,14-16,20-21H,6-8,11-13,17-19H2,1-5H3,(H,43,48). The summed E-state index contributed by atoms with van der Waals surface area (Å²) in [4.78, 5) is 59.4. The first kappa shape index (κ1) is 41.6. The Labute approximate surface area is 331 Å². The van der Waals surface area contributed by atoms with Crippen LogP contribution >= 0.6 is 46.6 Å². The minimum Gasteiger partial charge on any atom is -0.495 e. The lowest BCUT2D eigenvalue weighted by Crippen LogP contribution is -2.42. The highest BCUT2D eigenvalue weighted by molar-refractivity contribution is 7.99. The van der Waals surface area contributed by atoms with Crippen LogP contribution < -0.4 is 15.2 Å². The fourth-order valence-corrected chi connectivity index (χ4v) is 8.39. The lowest BCUT2D eigenvalue weighted by molar-refractivity contribution is -0.107. The average molecular weight is 830 g/mol. The second-order valence-corrected chi connectivity index (χ2v) is 16.3.